The van der Waals surface area contributed by atoms with Crippen LogP contribution in [0, 0.1) is 0 Å². The van der Waals surface area contributed by atoms with E-state index in [2.05, 4.69) is 5.32 Å². The third-order valence-electron chi connectivity index (χ3n) is 2.74. The fraction of sp³-hybridized carbons (Fsp3) is 0.417. The molecule has 1 heterocycles. The maximum absolute atomic E-state index is 11.1. The van der Waals surface area contributed by atoms with Gasteiger partial charge in [0.15, 0.2) is 11.5 Å². The van der Waals surface area contributed by atoms with Crippen LogP contribution in [0.4, 0.5) is 0 Å². The van der Waals surface area contributed by atoms with Gasteiger partial charge >= 0.3 is 0 Å². The van der Waals surface area contributed by atoms with E-state index in [0.717, 1.165) is 17.1 Å². The monoisotopic (exact) mass is 236 g/mol. The van der Waals surface area contributed by atoms with Gasteiger partial charge in [-0.3, -0.25) is 4.79 Å². The van der Waals surface area contributed by atoms with E-state index < -0.39 is 0 Å². The smallest absolute Gasteiger partial charge is 0.234 e. The molecule has 92 valence electrons. The molecule has 0 radical (unpaired) electrons. The molecule has 1 amide bonds. The summed E-state index contributed by atoms with van der Waals surface area (Å²) < 4.78 is 10.5. The van der Waals surface area contributed by atoms with E-state index in [0.29, 0.717) is 13.0 Å². The van der Waals surface area contributed by atoms with E-state index in [1.165, 1.54) is 0 Å². The number of carbonyl (C=O) groups is 1. The van der Waals surface area contributed by atoms with Gasteiger partial charge in [-0.1, -0.05) is 13.0 Å². The maximum Gasteiger partial charge on any atom is 0.234 e. The quantitative estimate of drug-likeness (QED) is 0.792. The van der Waals surface area contributed by atoms with E-state index in [-0.39, 0.29) is 18.7 Å². The van der Waals surface area contributed by atoms with Crippen molar-refractivity contribution in [1.82, 2.24) is 5.32 Å². The Balaban J connectivity index is 1.97. The molecule has 2 rings (SSSR count). The summed E-state index contributed by atoms with van der Waals surface area (Å²) in [5.74, 6) is 1.18. The first kappa shape index (κ1) is 11.7. The minimum atomic E-state index is -0.326. The lowest BCUT2D eigenvalue weighted by atomic mass is 10.1. The van der Waals surface area contributed by atoms with Gasteiger partial charge in [0.25, 0.3) is 0 Å². The van der Waals surface area contributed by atoms with Crippen LogP contribution in [0.25, 0.3) is 0 Å². The number of hydrogen-bond donors (Lipinski definition) is 2. The first-order valence-corrected chi connectivity index (χ1v) is 5.62. The summed E-state index contributed by atoms with van der Waals surface area (Å²) in [6, 6.07) is 5.42. The van der Waals surface area contributed by atoms with Crippen LogP contribution in [0.2, 0.25) is 0 Å². The van der Waals surface area contributed by atoms with Crippen molar-refractivity contribution in [2.24, 2.45) is 5.73 Å². The molecule has 1 aliphatic rings. The molecule has 1 unspecified atom stereocenters. The summed E-state index contributed by atoms with van der Waals surface area (Å²) in [6.07, 6.45) is 0.680. The van der Waals surface area contributed by atoms with Gasteiger partial charge in [0, 0.05) is 6.54 Å². The second-order valence-corrected chi connectivity index (χ2v) is 3.93. The predicted molar refractivity (Wildman–Crippen MR) is 62.7 cm³/mol. The van der Waals surface area contributed by atoms with Gasteiger partial charge in [-0.25, -0.2) is 0 Å². The van der Waals surface area contributed by atoms with E-state index in [9.17, 15) is 4.79 Å². The molecule has 0 fully saturated rings. The Bertz CT molecular complexity index is 420. The van der Waals surface area contributed by atoms with Crippen molar-refractivity contribution in [3.63, 3.8) is 0 Å². The van der Waals surface area contributed by atoms with Crippen LogP contribution >= 0.6 is 0 Å². The van der Waals surface area contributed by atoms with Crippen LogP contribution in [0.5, 0.6) is 11.5 Å². The van der Waals surface area contributed by atoms with Crippen molar-refractivity contribution in [2.45, 2.75) is 25.9 Å². The number of carbonyl (C=O) groups excluding carboxylic acids is 1. The van der Waals surface area contributed by atoms with E-state index in [1.54, 1.807) is 0 Å². The number of benzene rings is 1. The Morgan fingerprint density at radius 1 is 1.47 bits per heavy atom. The number of fused-ring (bicyclic) bond motifs is 1. The molecular weight excluding hydrogens is 220 g/mol. The molecular formula is C12H16N2O3. The summed E-state index contributed by atoms with van der Waals surface area (Å²) in [6.45, 7) is 2.77. The average Bonchev–Trinajstić information content (AvgIpc) is 2.76. The minimum absolute atomic E-state index is 0.269. The molecule has 0 aliphatic carbocycles. The molecule has 1 atom stereocenters. The van der Waals surface area contributed by atoms with E-state index >= 15 is 0 Å². The molecule has 1 aromatic carbocycles. The Morgan fingerprint density at radius 2 is 2.24 bits per heavy atom. The highest BCUT2D eigenvalue weighted by molar-refractivity contribution is 5.79. The van der Waals surface area contributed by atoms with Gasteiger partial charge in [-0.15, -0.1) is 0 Å². The number of hydrogen-bond acceptors (Lipinski definition) is 4. The van der Waals surface area contributed by atoms with Crippen LogP contribution in [0.3, 0.4) is 0 Å². The van der Waals surface area contributed by atoms with Crippen LogP contribution in [0.1, 0.15) is 18.9 Å². The van der Waals surface area contributed by atoms with Gasteiger partial charge in [0.05, 0.1) is 6.04 Å². The lowest BCUT2D eigenvalue weighted by Gasteiger charge is -2.13. The normalized spacial score (nSPS) is 14.6. The Labute approximate surface area is 99.9 Å². The summed E-state index contributed by atoms with van der Waals surface area (Å²) >= 11 is 0. The van der Waals surface area contributed by atoms with Crippen LogP contribution in [-0.2, 0) is 11.3 Å². The van der Waals surface area contributed by atoms with Crippen LogP contribution in [-0.4, -0.2) is 18.7 Å². The molecule has 0 saturated heterocycles. The largest absolute Gasteiger partial charge is 0.454 e. The molecule has 1 aromatic rings. The van der Waals surface area contributed by atoms with Crippen LogP contribution < -0.4 is 20.5 Å². The minimum Gasteiger partial charge on any atom is -0.454 e. The molecule has 0 bridgehead atoms. The molecule has 0 spiro atoms. The predicted octanol–water partition coefficient (Wildman–Crippen LogP) is 0.769. The number of primary amides is 1. The number of ether oxygens (including phenoxy) is 2. The fourth-order valence-electron chi connectivity index (χ4n) is 1.74. The highest BCUT2D eigenvalue weighted by Crippen LogP contribution is 2.32. The van der Waals surface area contributed by atoms with Crippen molar-refractivity contribution in [1.29, 1.82) is 0 Å². The third kappa shape index (κ3) is 2.68. The van der Waals surface area contributed by atoms with Crippen molar-refractivity contribution >= 4 is 5.91 Å². The zero-order chi connectivity index (χ0) is 12.3. The standard InChI is InChI=1S/C12H16N2O3/c1-2-9(12(13)15)14-6-8-3-4-10-11(5-8)17-7-16-10/h3-5,9,14H,2,6-7H2,1H3,(H2,13,15). The number of nitrogens with two attached hydrogens (primary N) is 1. The molecule has 3 N–H and O–H groups in total. The number of rotatable bonds is 5. The molecule has 0 aromatic heterocycles. The van der Waals surface area contributed by atoms with Gasteiger partial charge in [0.2, 0.25) is 12.7 Å². The Hall–Kier alpha value is -1.75. The first-order chi connectivity index (χ1) is 8.20. The Morgan fingerprint density at radius 3 is 2.94 bits per heavy atom. The summed E-state index contributed by atoms with van der Waals surface area (Å²) in [5.41, 5.74) is 6.29. The zero-order valence-electron chi connectivity index (χ0n) is 9.73. The lowest BCUT2D eigenvalue weighted by molar-refractivity contribution is -0.120. The molecule has 5 heteroatoms. The van der Waals surface area contributed by atoms with E-state index in [4.69, 9.17) is 15.2 Å². The number of amides is 1. The van der Waals surface area contributed by atoms with Gasteiger partial charge in [0.1, 0.15) is 0 Å². The molecule has 0 saturated carbocycles. The van der Waals surface area contributed by atoms with Crippen molar-refractivity contribution in [3.8, 4) is 11.5 Å². The third-order valence-corrected chi connectivity index (χ3v) is 2.74. The van der Waals surface area contributed by atoms with Gasteiger partial charge in [-0.2, -0.15) is 0 Å². The van der Waals surface area contributed by atoms with E-state index in [1.807, 2.05) is 25.1 Å². The lowest BCUT2D eigenvalue weighted by Crippen LogP contribution is -2.40. The van der Waals surface area contributed by atoms with Crippen molar-refractivity contribution < 1.29 is 14.3 Å². The highest BCUT2D eigenvalue weighted by Gasteiger charge is 2.15. The maximum atomic E-state index is 11.1. The fourth-order valence-corrected chi connectivity index (χ4v) is 1.74. The highest BCUT2D eigenvalue weighted by atomic mass is 16.7. The SMILES string of the molecule is CCC(NCc1ccc2c(c1)OCO2)C(N)=O. The molecule has 1 aliphatic heterocycles. The Kier molecular flexibility index (Phi) is 3.49. The average molecular weight is 236 g/mol. The molecule has 5 nitrogen and oxygen atoms in total. The summed E-state index contributed by atoms with van der Waals surface area (Å²) in [4.78, 5) is 11.1. The van der Waals surface area contributed by atoms with Crippen molar-refractivity contribution in [2.75, 3.05) is 6.79 Å². The first-order valence-electron chi connectivity index (χ1n) is 5.62. The zero-order valence-corrected chi connectivity index (χ0v) is 9.73. The van der Waals surface area contributed by atoms with Crippen molar-refractivity contribution in [3.05, 3.63) is 23.8 Å². The second-order valence-electron chi connectivity index (χ2n) is 3.93. The second kappa shape index (κ2) is 5.05. The molecule has 17 heavy (non-hydrogen) atoms. The van der Waals surface area contributed by atoms with Gasteiger partial charge < -0.3 is 20.5 Å². The summed E-state index contributed by atoms with van der Waals surface area (Å²) in [7, 11) is 0. The summed E-state index contributed by atoms with van der Waals surface area (Å²) in [5, 5.41) is 3.11. The topological polar surface area (TPSA) is 73.6 Å². The number of nitrogens with one attached hydrogen (secondary N) is 1. The van der Waals surface area contributed by atoms with Gasteiger partial charge in [-0.05, 0) is 24.1 Å². The van der Waals surface area contributed by atoms with Crippen LogP contribution in [0.15, 0.2) is 18.2 Å².